The van der Waals surface area contributed by atoms with Crippen LogP contribution in [0.5, 0.6) is 0 Å². The zero-order valence-corrected chi connectivity index (χ0v) is 18.3. The highest BCUT2D eigenvalue weighted by molar-refractivity contribution is 7.99. The van der Waals surface area contributed by atoms with Crippen LogP contribution in [-0.2, 0) is 16.8 Å². The molecule has 0 N–H and O–H groups in total. The summed E-state index contributed by atoms with van der Waals surface area (Å²) < 4.78 is 6.79. The molecule has 4 heterocycles. The fraction of sp³-hybridized carbons (Fsp3) is 0.524. The van der Waals surface area contributed by atoms with Crippen LogP contribution in [0.2, 0.25) is 0 Å². The molecule has 0 aromatic carbocycles. The van der Waals surface area contributed by atoms with Gasteiger partial charge in [0.05, 0.1) is 17.9 Å². The molecule has 4 rings (SSSR count). The molecule has 8 nitrogen and oxygen atoms in total. The number of nitrogens with zero attached hydrogens (tertiary/aromatic N) is 4. The molecule has 2 aromatic heterocycles. The Morgan fingerprint density at radius 3 is 2.50 bits per heavy atom. The average Bonchev–Trinajstić information content (AvgIpc) is 3.27. The van der Waals surface area contributed by atoms with E-state index < -0.39 is 0 Å². The van der Waals surface area contributed by atoms with Gasteiger partial charge in [-0.2, -0.15) is 0 Å². The standard InChI is InChI=1S/C21H26N4O4S/c1-21(2,3)16-11-17(26)25-12-14(13-30-20(25)22-16)18(27)23-6-8-24(9-7-23)19(28)15-5-4-10-29-15/h4-5,10-11,14H,6-9,12-13H2,1-3H3/t14-/m0/s1. The van der Waals surface area contributed by atoms with Crippen molar-refractivity contribution in [1.29, 1.82) is 0 Å². The summed E-state index contributed by atoms with van der Waals surface area (Å²) in [5.74, 6) is 0.530. The Balaban J connectivity index is 1.40. The molecule has 0 unspecified atom stereocenters. The van der Waals surface area contributed by atoms with Crippen molar-refractivity contribution in [1.82, 2.24) is 19.4 Å². The summed E-state index contributed by atoms with van der Waals surface area (Å²) in [5, 5.41) is 0.685. The summed E-state index contributed by atoms with van der Waals surface area (Å²) in [6.45, 7) is 8.34. The third-order valence-electron chi connectivity index (χ3n) is 5.52. The number of hydrogen-bond donors (Lipinski definition) is 0. The van der Waals surface area contributed by atoms with Crippen LogP contribution in [0.25, 0.3) is 0 Å². The van der Waals surface area contributed by atoms with Crippen LogP contribution in [0.15, 0.2) is 38.8 Å². The fourth-order valence-corrected chi connectivity index (χ4v) is 4.77. The van der Waals surface area contributed by atoms with Crippen molar-refractivity contribution in [2.75, 3.05) is 31.9 Å². The van der Waals surface area contributed by atoms with E-state index in [2.05, 4.69) is 4.98 Å². The monoisotopic (exact) mass is 430 g/mol. The lowest BCUT2D eigenvalue weighted by atomic mass is 9.92. The molecule has 0 radical (unpaired) electrons. The summed E-state index contributed by atoms with van der Waals surface area (Å²) in [6.07, 6.45) is 1.48. The maximum Gasteiger partial charge on any atom is 0.289 e. The lowest BCUT2D eigenvalue weighted by Crippen LogP contribution is -2.53. The van der Waals surface area contributed by atoms with Gasteiger partial charge in [-0.05, 0) is 12.1 Å². The maximum absolute atomic E-state index is 13.1. The highest BCUT2D eigenvalue weighted by Gasteiger charge is 2.33. The molecule has 160 valence electrons. The van der Waals surface area contributed by atoms with E-state index in [0.717, 1.165) is 5.69 Å². The molecule has 1 fully saturated rings. The molecular weight excluding hydrogens is 404 g/mol. The van der Waals surface area contributed by atoms with Gasteiger partial charge < -0.3 is 14.2 Å². The maximum atomic E-state index is 13.1. The third-order valence-corrected chi connectivity index (χ3v) is 6.66. The second-order valence-corrected chi connectivity index (χ2v) is 9.71. The molecule has 0 spiro atoms. The fourth-order valence-electron chi connectivity index (χ4n) is 3.69. The first kappa shape index (κ1) is 20.7. The Morgan fingerprint density at radius 1 is 1.17 bits per heavy atom. The number of aromatic nitrogens is 2. The molecule has 30 heavy (non-hydrogen) atoms. The number of rotatable bonds is 2. The number of carbonyl (C=O) groups excluding carboxylic acids is 2. The number of hydrogen-bond acceptors (Lipinski definition) is 6. The molecular formula is C21H26N4O4S. The zero-order chi connectivity index (χ0) is 21.5. The van der Waals surface area contributed by atoms with Gasteiger partial charge in [0, 0.05) is 50.0 Å². The molecule has 1 saturated heterocycles. The van der Waals surface area contributed by atoms with Crippen LogP contribution in [-0.4, -0.2) is 63.1 Å². The molecule has 2 aromatic rings. The minimum absolute atomic E-state index is 0.0324. The first-order chi connectivity index (χ1) is 14.2. The van der Waals surface area contributed by atoms with Crippen LogP contribution in [0.1, 0.15) is 37.0 Å². The lowest BCUT2D eigenvalue weighted by Gasteiger charge is -2.37. The number of fused-ring (bicyclic) bond motifs is 1. The van der Waals surface area contributed by atoms with Crippen molar-refractivity contribution in [3.8, 4) is 0 Å². The third kappa shape index (κ3) is 4.03. The van der Waals surface area contributed by atoms with E-state index in [1.807, 2.05) is 20.8 Å². The number of thioether (sulfide) groups is 1. The van der Waals surface area contributed by atoms with Crippen molar-refractivity contribution < 1.29 is 14.0 Å². The summed E-state index contributed by atoms with van der Waals surface area (Å²) in [4.78, 5) is 46.2. The normalized spacial score (nSPS) is 19.5. The topological polar surface area (TPSA) is 88.7 Å². The highest BCUT2D eigenvalue weighted by Crippen LogP contribution is 2.29. The Kier molecular flexibility index (Phi) is 5.48. The molecule has 0 saturated carbocycles. The van der Waals surface area contributed by atoms with Crippen molar-refractivity contribution >= 4 is 23.6 Å². The zero-order valence-electron chi connectivity index (χ0n) is 17.5. The van der Waals surface area contributed by atoms with E-state index in [4.69, 9.17) is 4.42 Å². The summed E-state index contributed by atoms with van der Waals surface area (Å²) in [7, 11) is 0. The van der Waals surface area contributed by atoms with Crippen LogP contribution < -0.4 is 5.56 Å². The summed E-state index contributed by atoms with van der Waals surface area (Å²) in [5.41, 5.74) is 0.464. The van der Waals surface area contributed by atoms with Crippen LogP contribution in [0.3, 0.4) is 0 Å². The van der Waals surface area contributed by atoms with Gasteiger partial charge in [-0.25, -0.2) is 4.98 Å². The molecule has 2 aliphatic rings. The predicted octanol–water partition coefficient (Wildman–Crippen LogP) is 1.84. The minimum atomic E-state index is -0.269. The van der Waals surface area contributed by atoms with Crippen molar-refractivity contribution in [2.24, 2.45) is 5.92 Å². The smallest absolute Gasteiger partial charge is 0.289 e. The number of furan rings is 1. The van der Waals surface area contributed by atoms with Gasteiger partial charge in [-0.3, -0.25) is 19.0 Å². The van der Waals surface area contributed by atoms with Gasteiger partial charge in [-0.15, -0.1) is 0 Å². The Morgan fingerprint density at radius 2 is 1.87 bits per heavy atom. The van der Waals surface area contributed by atoms with Crippen molar-refractivity contribution in [3.63, 3.8) is 0 Å². The van der Waals surface area contributed by atoms with Crippen molar-refractivity contribution in [2.45, 2.75) is 37.9 Å². The van der Waals surface area contributed by atoms with E-state index >= 15 is 0 Å². The van der Waals surface area contributed by atoms with Gasteiger partial charge in [0.25, 0.3) is 11.5 Å². The van der Waals surface area contributed by atoms with Crippen LogP contribution in [0.4, 0.5) is 0 Å². The van der Waals surface area contributed by atoms with E-state index in [1.165, 1.54) is 18.0 Å². The second kappa shape index (κ2) is 7.94. The number of amides is 2. The minimum Gasteiger partial charge on any atom is -0.459 e. The summed E-state index contributed by atoms with van der Waals surface area (Å²) in [6, 6.07) is 4.91. The largest absolute Gasteiger partial charge is 0.459 e. The first-order valence-corrected chi connectivity index (χ1v) is 11.1. The quantitative estimate of drug-likeness (QED) is 0.676. The van der Waals surface area contributed by atoms with E-state index in [0.29, 0.717) is 49.4 Å². The molecule has 0 bridgehead atoms. The Hall–Kier alpha value is -2.55. The van der Waals surface area contributed by atoms with Gasteiger partial charge in [0.1, 0.15) is 0 Å². The molecule has 1 atom stereocenters. The Labute approximate surface area is 179 Å². The van der Waals surface area contributed by atoms with Crippen LogP contribution >= 0.6 is 11.8 Å². The van der Waals surface area contributed by atoms with E-state index in [-0.39, 0.29) is 28.7 Å². The second-order valence-electron chi connectivity index (χ2n) is 8.73. The molecule has 0 aliphatic carbocycles. The molecule has 2 aliphatic heterocycles. The lowest BCUT2D eigenvalue weighted by molar-refractivity contribution is -0.136. The predicted molar refractivity (Wildman–Crippen MR) is 113 cm³/mol. The van der Waals surface area contributed by atoms with Gasteiger partial charge in [-0.1, -0.05) is 32.5 Å². The Bertz CT molecular complexity index is 1000. The van der Waals surface area contributed by atoms with Gasteiger partial charge in [0.15, 0.2) is 10.9 Å². The van der Waals surface area contributed by atoms with Crippen LogP contribution in [0, 0.1) is 5.92 Å². The summed E-state index contributed by atoms with van der Waals surface area (Å²) >= 11 is 1.46. The van der Waals surface area contributed by atoms with E-state index in [9.17, 15) is 14.4 Å². The first-order valence-electron chi connectivity index (χ1n) is 10.1. The van der Waals surface area contributed by atoms with Gasteiger partial charge in [0.2, 0.25) is 5.91 Å². The number of piperazine rings is 1. The van der Waals surface area contributed by atoms with Crippen molar-refractivity contribution in [3.05, 3.63) is 46.3 Å². The molecule has 2 amide bonds. The van der Waals surface area contributed by atoms with E-state index in [1.54, 1.807) is 32.6 Å². The highest BCUT2D eigenvalue weighted by atomic mass is 32.2. The van der Waals surface area contributed by atoms with Gasteiger partial charge >= 0.3 is 0 Å². The number of carbonyl (C=O) groups is 2. The SMILES string of the molecule is CC(C)(C)c1cc(=O)n2c(n1)SC[C@@H](C(=O)N1CCN(C(=O)c3ccco3)CC1)C2. The molecule has 9 heteroatoms. The average molecular weight is 431 g/mol.